The molecule has 4 fully saturated rings. The Morgan fingerprint density at radius 3 is 2.52 bits per heavy atom. The van der Waals surface area contributed by atoms with Crippen molar-refractivity contribution in [1.82, 2.24) is 0 Å². The molecule has 4 saturated carbocycles. The third-order valence-corrected chi connectivity index (χ3v) is 8.76. The highest BCUT2D eigenvalue weighted by atomic mass is 16.1. The van der Waals surface area contributed by atoms with Gasteiger partial charge in [0.2, 0.25) is 0 Å². The Morgan fingerprint density at radius 2 is 1.78 bits per heavy atom. The summed E-state index contributed by atoms with van der Waals surface area (Å²) in [6, 6.07) is 0. The van der Waals surface area contributed by atoms with Crippen LogP contribution in [0.3, 0.4) is 0 Å². The van der Waals surface area contributed by atoms with Crippen molar-refractivity contribution in [1.29, 1.82) is 0 Å². The maximum Gasteiger partial charge on any atom is 0.137 e. The van der Waals surface area contributed by atoms with E-state index in [-0.39, 0.29) is 16.7 Å². The molecule has 4 rings (SSSR count). The molecule has 0 aromatic heterocycles. The van der Waals surface area contributed by atoms with Gasteiger partial charge in [0.05, 0.1) is 0 Å². The van der Waals surface area contributed by atoms with Crippen molar-refractivity contribution in [3.63, 3.8) is 0 Å². The fraction of sp³-hybridized carbons (Fsp3) is 0.905. The zero-order chi connectivity index (χ0) is 16.4. The number of hydrogen-bond acceptors (Lipinski definition) is 2. The monoisotopic (exact) mass is 316 g/mol. The lowest BCUT2D eigenvalue weighted by atomic mass is 9.44. The molecule has 4 aliphatic carbocycles. The van der Waals surface area contributed by atoms with Crippen LogP contribution in [-0.2, 0) is 9.59 Å². The molecule has 0 radical (unpaired) electrons. The summed E-state index contributed by atoms with van der Waals surface area (Å²) < 4.78 is 0. The predicted octanol–water partition coefficient (Wildman–Crippen LogP) is 4.80. The Balaban J connectivity index is 1.70. The molecule has 0 aliphatic heterocycles. The third-order valence-electron chi connectivity index (χ3n) is 8.76. The number of fused-ring (bicyclic) bond motifs is 5. The predicted molar refractivity (Wildman–Crippen MR) is 90.9 cm³/mol. The van der Waals surface area contributed by atoms with Gasteiger partial charge in [0.25, 0.3) is 0 Å². The molecule has 0 aromatic rings. The largest absolute Gasteiger partial charge is 0.300 e. The van der Waals surface area contributed by atoms with Crippen LogP contribution >= 0.6 is 0 Å². The molecular formula is C21H32O2. The van der Waals surface area contributed by atoms with Gasteiger partial charge in [0.1, 0.15) is 11.6 Å². The topological polar surface area (TPSA) is 34.1 Å². The summed E-state index contributed by atoms with van der Waals surface area (Å²) >= 11 is 0. The molecule has 0 bridgehead atoms. The van der Waals surface area contributed by atoms with Gasteiger partial charge < -0.3 is 0 Å². The zero-order valence-electron chi connectivity index (χ0n) is 15.1. The number of rotatable bonds is 1. The van der Waals surface area contributed by atoms with Gasteiger partial charge in [-0.25, -0.2) is 0 Å². The molecule has 7 atom stereocenters. The molecule has 0 amide bonds. The molecule has 2 heteroatoms. The van der Waals surface area contributed by atoms with Gasteiger partial charge in [0, 0.05) is 18.3 Å². The van der Waals surface area contributed by atoms with Crippen LogP contribution in [0.4, 0.5) is 0 Å². The molecule has 6 unspecified atom stereocenters. The van der Waals surface area contributed by atoms with Gasteiger partial charge in [-0.3, -0.25) is 9.59 Å². The number of carbonyl (C=O) groups excluding carboxylic acids is 2. The van der Waals surface area contributed by atoms with E-state index in [1.54, 1.807) is 6.92 Å². The average Bonchev–Trinajstić information content (AvgIpc) is 2.82. The SMILES string of the molecule is CC(=O)C1CCC2C3CC[C@H]4CCCCC4(C)C3C(=O)CC12C. The first-order valence-corrected chi connectivity index (χ1v) is 9.91. The summed E-state index contributed by atoms with van der Waals surface area (Å²) in [5.41, 5.74) is 0.218. The average molecular weight is 316 g/mol. The van der Waals surface area contributed by atoms with Crippen LogP contribution in [0, 0.1) is 40.4 Å². The molecule has 0 saturated heterocycles. The summed E-state index contributed by atoms with van der Waals surface area (Å²) in [4.78, 5) is 25.4. The van der Waals surface area contributed by atoms with Crippen molar-refractivity contribution in [2.75, 3.05) is 0 Å². The standard InChI is InChI=1S/C21H32O2/c1-13(22)16-9-10-17-15-8-7-14-6-4-5-11-20(14,2)19(15)18(23)12-21(16,17)3/h14-17,19H,4-12H2,1-3H3/t14-,15?,16?,17?,19?,20?,21?/m1/s1. The molecule has 0 spiro atoms. The maximum absolute atomic E-state index is 13.3. The van der Waals surface area contributed by atoms with Crippen molar-refractivity contribution < 1.29 is 9.59 Å². The molecule has 0 N–H and O–H groups in total. The zero-order valence-corrected chi connectivity index (χ0v) is 15.1. The highest BCUT2D eigenvalue weighted by molar-refractivity contribution is 5.87. The van der Waals surface area contributed by atoms with Crippen LogP contribution in [0.25, 0.3) is 0 Å². The van der Waals surface area contributed by atoms with Crippen LogP contribution in [-0.4, -0.2) is 11.6 Å². The van der Waals surface area contributed by atoms with E-state index in [4.69, 9.17) is 0 Å². The highest BCUT2D eigenvalue weighted by Gasteiger charge is 2.63. The van der Waals surface area contributed by atoms with Crippen LogP contribution in [0.1, 0.15) is 78.6 Å². The van der Waals surface area contributed by atoms with Gasteiger partial charge in [0.15, 0.2) is 0 Å². The van der Waals surface area contributed by atoms with E-state index in [9.17, 15) is 9.59 Å². The van der Waals surface area contributed by atoms with Crippen molar-refractivity contribution >= 4 is 11.6 Å². The molecule has 23 heavy (non-hydrogen) atoms. The van der Waals surface area contributed by atoms with E-state index >= 15 is 0 Å². The summed E-state index contributed by atoms with van der Waals surface area (Å²) in [5, 5.41) is 0. The first kappa shape index (κ1) is 15.8. The van der Waals surface area contributed by atoms with Gasteiger partial charge in [-0.15, -0.1) is 0 Å². The third kappa shape index (κ3) is 2.05. The van der Waals surface area contributed by atoms with Gasteiger partial charge >= 0.3 is 0 Å². The quantitative estimate of drug-likeness (QED) is 0.696. The number of Topliss-reactive ketones (excluding diaryl/α,β-unsaturated/α-hetero) is 2. The Labute approximate surface area is 140 Å². The molecule has 2 nitrogen and oxygen atoms in total. The van der Waals surface area contributed by atoms with Crippen molar-refractivity contribution in [3.05, 3.63) is 0 Å². The van der Waals surface area contributed by atoms with Gasteiger partial charge in [-0.05, 0) is 74.0 Å². The van der Waals surface area contributed by atoms with Crippen LogP contribution in [0.2, 0.25) is 0 Å². The smallest absolute Gasteiger partial charge is 0.137 e. The van der Waals surface area contributed by atoms with Crippen molar-refractivity contribution in [3.8, 4) is 0 Å². The summed E-state index contributed by atoms with van der Waals surface area (Å²) in [7, 11) is 0. The van der Waals surface area contributed by atoms with E-state index in [1.165, 1.54) is 44.9 Å². The van der Waals surface area contributed by atoms with E-state index in [0.29, 0.717) is 35.7 Å². The lowest BCUT2D eigenvalue weighted by molar-refractivity contribution is -0.158. The lowest BCUT2D eigenvalue weighted by Gasteiger charge is -2.59. The van der Waals surface area contributed by atoms with Gasteiger partial charge in [-0.2, -0.15) is 0 Å². The minimum absolute atomic E-state index is 0.0397. The second-order valence-corrected chi connectivity index (χ2v) is 9.66. The fourth-order valence-corrected chi connectivity index (χ4v) is 7.78. The molecular weight excluding hydrogens is 284 g/mol. The number of ketones is 2. The number of carbonyl (C=O) groups is 2. The molecule has 0 heterocycles. The Hall–Kier alpha value is -0.660. The van der Waals surface area contributed by atoms with E-state index in [2.05, 4.69) is 13.8 Å². The van der Waals surface area contributed by atoms with Gasteiger partial charge in [-0.1, -0.05) is 26.7 Å². The Morgan fingerprint density at radius 1 is 1.00 bits per heavy atom. The maximum atomic E-state index is 13.3. The first-order valence-electron chi connectivity index (χ1n) is 9.91. The van der Waals surface area contributed by atoms with E-state index < -0.39 is 0 Å². The second kappa shape index (κ2) is 5.17. The summed E-state index contributed by atoms with van der Waals surface area (Å²) in [6.45, 7) is 6.44. The van der Waals surface area contributed by atoms with Crippen molar-refractivity contribution in [2.24, 2.45) is 40.4 Å². The summed E-state index contributed by atoms with van der Waals surface area (Å²) in [6.07, 6.45) is 10.7. The van der Waals surface area contributed by atoms with Crippen molar-refractivity contribution in [2.45, 2.75) is 78.6 Å². The molecule has 128 valence electrons. The Bertz CT molecular complexity index is 538. The molecule has 0 aromatic carbocycles. The number of hydrogen-bond donors (Lipinski definition) is 0. The first-order chi connectivity index (χ1) is 10.9. The minimum atomic E-state index is -0.0397. The second-order valence-electron chi connectivity index (χ2n) is 9.66. The van der Waals surface area contributed by atoms with Crippen LogP contribution < -0.4 is 0 Å². The summed E-state index contributed by atoms with van der Waals surface area (Å²) in [5.74, 6) is 3.20. The highest BCUT2D eigenvalue weighted by Crippen LogP contribution is 2.66. The normalized spacial score (nSPS) is 52.5. The molecule has 4 aliphatic rings. The minimum Gasteiger partial charge on any atom is -0.300 e. The lowest BCUT2D eigenvalue weighted by Crippen LogP contribution is -2.57. The Kier molecular flexibility index (Phi) is 3.56. The van der Waals surface area contributed by atoms with E-state index in [1.807, 2.05) is 0 Å². The fourth-order valence-electron chi connectivity index (χ4n) is 7.78. The van der Waals surface area contributed by atoms with Crippen LogP contribution in [0.15, 0.2) is 0 Å². The van der Waals surface area contributed by atoms with E-state index in [0.717, 1.165) is 12.3 Å². The van der Waals surface area contributed by atoms with Crippen LogP contribution in [0.5, 0.6) is 0 Å².